The number of nitrogens with zero attached hydrogens (tertiary/aromatic N) is 4. The molecular weight excluding hydrogens is 442 g/mol. The Labute approximate surface area is 189 Å². The van der Waals surface area contributed by atoms with E-state index in [-0.39, 0.29) is 18.4 Å². The summed E-state index contributed by atoms with van der Waals surface area (Å²) in [6, 6.07) is 2.17. The predicted molar refractivity (Wildman–Crippen MR) is 114 cm³/mol. The maximum Gasteiger partial charge on any atom is 0.408 e. The minimum atomic E-state index is -0.893. The Balaban J connectivity index is 1.66. The van der Waals surface area contributed by atoms with E-state index in [1.165, 1.54) is 24.7 Å². The van der Waals surface area contributed by atoms with Gasteiger partial charge < -0.3 is 30.0 Å². The number of aromatic nitrogens is 3. The molecule has 12 nitrogen and oxygen atoms in total. The molecule has 1 saturated heterocycles. The molecule has 2 aromatic heterocycles. The minimum Gasteiger partial charge on any atom is -0.444 e. The van der Waals surface area contributed by atoms with Crippen LogP contribution in [-0.2, 0) is 14.3 Å². The minimum absolute atomic E-state index is 0.184. The van der Waals surface area contributed by atoms with Crippen LogP contribution in [0.25, 0.3) is 0 Å². The van der Waals surface area contributed by atoms with Gasteiger partial charge in [-0.1, -0.05) is 16.7 Å². The number of carbonyl (C=O) groups excluding carboxylic acids is 3. The van der Waals surface area contributed by atoms with Crippen molar-refractivity contribution < 1.29 is 23.5 Å². The number of ether oxygens (including phenoxy) is 1. The number of halogens is 1. The smallest absolute Gasteiger partial charge is 0.408 e. The summed E-state index contributed by atoms with van der Waals surface area (Å²) in [4.78, 5) is 42.8. The van der Waals surface area contributed by atoms with E-state index in [1.54, 1.807) is 25.7 Å². The van der Waals surface area contributed by atoms with Gasteiger partial charge in [0.1, 0.15) is 11.4 Å². The first-order valence-electron chi connectivity index (χ1n) is 9.85. The molecule has 3 amide bonds. The number of rotatable bonds is 4. The zero-order chi connectivity index (χ0) is 23.3. The lowest BCUT2D eigenvalue weighted by Gasteiger charge is -2.38. The number of alkyl carbamates (subject to hydrolysis) is 1. The van der Waals surface area contributed by atoms with Crippen molar-refractivity contribution in [1.29, 1.82) is 0 Å². The fourth-order valence-electron chi connectivity index (χ4n) is 3.07. The van der Waals surface area contributed by atoms with Crippen molar-refractivity contribution in [3.8, 4) is 0 Å². The van der Waals surface area contributed by atoms with Crippen molar-refractivity contribution in [3.63, 3.8) is 0 Å². The van der Waals surface area contributed by atoms with Crippen LogP contribution in [0.5, 0.6) is 0 Å². The van der Waals surface area contributed by atoms with Crippen LogP contribution in [0.15, 0.2) is 29.1 Å². The van der Waals surface area contributed by atoms with Crippen LogP contribution >= 0.6 is 11.6 Å². The van der Waals surface area contributed by atoms with Crippen LogP contribution in [0.4, 0.5) is 16.6 Å². The van der Waals surface area contributed by atoms with Gasteiger partial charge >= 0.3 is 23.9 Å². The van der Waals surface area contributed by atoms with Gasteiger partial charge in [-0.05, 0) is 39.3 Å². The highest BCUT2D eigenvalue weighted by molar-refractivity contribution is 6.39. The Bertz CT molecular complexity index is 946. The summed E-state index contributed by atoms with van der Waals surface area (Å²) in [5, 5.41) is 15.8. The molecule has 13 heteroatoms. The van der Waals surface area contributed by atoms with Gasteiger partial charge in [0.2, 0.25) is 6.39 Å². The summed E-state index contributed by atoms with van der Waals surface area (Å²) in [5.74, 6) is -1.58. The summed E-state index contributed by atoms with van der Waals surface area (Å²) in [7, 11) is 0. The molecule has 3 rings (SSSR count). The van der Waals surface area contributed by atoms with Gasteiger partial charge in [-0.3, -0.25) is 9.59 Å². The van der Waals surface area contributed by atoms with Gasteiger partial charge in [0.15, 0.2) is 0 Å². The van der Waals surface area contributed by atoms with Gasteiger partial charge in [0.25, 0.3) is 0 Å². The summed E-state index contributed by atoms with van der Waals surface area (Å²) < 4.78 is 10.6. The molecule has 0 aromatic carbocycles. The third-order valence-corrected chi connectivity index (χ3v) is 4.65. The van der Waals surface area contributed by atoms with Gasteiger partial charge in [-0.25, -0.2) is 9.78 Å². The Kier molecular flexibility index (Phi) is 7.13. The highest BCUT2D eigenvalue weighted by Gasteiger charge is 2.35. The van der Waals surface area contributed by atoms with E-state index in [0.29, 0.717) is 18.0 Å². The van der Waals surface area contributed by atoms with E-state index in [2.05, 4.69) is 31.1 Å². The SMILES string of the molecule is CC(C)(C)OC(=O)N[C@@H]1CN(c2nnco2)CCC1NC(=O)C(=O)Nc1ccc(Cl)cn1. The first-order valence-corrected chi connectivity index (χ1v) is 10.2. The van der Waals surface area contributed by atoms with Gasteiger partial charge in [-0.2, -0.15) is 0 Å². The molecule has 1 unspecified atom stereocenters. The lowest BCUT2D eigenvalue weighted by molar-refractivity contribution is -0.136. The fourth-order valence-corrected chi connectivity index (χ4v) is 3.18. The average Bonchev–Trinajstić information content (AvgIpc) is 3.24. The zero-order valence-corrected chi connectivity index (χ0v) is 18.5. The van der Waals surface area contributed by atoms with Crippen LogP contribution in [0, 0.1) is 0 Å². The number of pyridine rings is 1. The lowest BCUT2D eigenvalue weighted by atomic mass is 9.99. The first-order chi connectivity index (χ1) is 15.1. The molecule has 3 N–H and O–H groups in total. The van der Waals surface area contributed by atoms with Gasteiger partial charge in [0, 0.05) is 19.3 Å². The van der Waals surface area contributed by atoms with E-state index in [9.17, 15) is 14.4 Å². The zero-order valence-electron chi connectivity index (χ0n) is 17.8. The molecule has 0 aliphatic carbocycles. The summed E-state index contributed by atoms with van der Waals surface area (Å²) in [6.45, 7) is 5.94. The van der Waals surface area contributed by atoms with Crippen molar-refractivity contribution in [1.82, 2.24) is 25.8 Å². The predicted octanol–water partition coefficient (Wildman–Crippen LogP) is 1.34. The number of nitrogens with one attached hydrogen (secondary N) is 3. The molecular formula is C19H24ClN7O5. The first kappa shape index (κ1) is 23.3. The van der Waals surface area contributed by atoms with Crippen molar-refractivity contribution in [2.75, 3.05) is 23.3 Å². The number of piperidine rings is 1. The molecule has 32 heavy (non-hydrogen) atoms. The highest BCUT2D eigenvalue weighted by atomic mass is 35.5. The number of amides is 3. The summed E-state index contributed by atoms with van der Waals surface area (Å²) in [5.41, 5.74) is -0.699. The standard InChI is InChI=1S/C19H24ClN7O5/c1-19(2,3)32-18(30)24-13-9-27(17-26-22-10-31-17)7-6-12(13)23-15(28)16(29)25-14-5-4-11(20)8-21-14/h4-5,8,10,12-13H,6-7,9H2,1-3H3,(H,23,28)(H,24,30)(H,21,25,29)/t12?,13-/m1/s1. The Morgan fingerprint density at radius 3 is 2.59 bits per heavy atom. The fraction of sp³-hybridized carbons (Fsp3) is 0.474. The Hall–Kier alpha value is -3.41. The summed E-state index contributed by atoms with van der Waals surface area (Å²) in [6.07, 6.45) is 2.31. The Morgan fingerprint density at radius 1 is 1.19 bits per heavy atom. The topological polar surface area (TPSA) is 152 Å². The van der Waals surface area contributed by atoms with Crippen LogP contribution in [0.3, 0.4) is 0 Å². The molecule has 0 saturated carbocycles. The number of carbonyl (C=O) groups is 3. The number of hydrogen-bond donors (Lipinski definition) is 3. The van der Waals surface area contributed by atoms with Crippen molar-refractivity contribution in [2.45, 2.75) is 44.9 Å². The third-order valence-electron chi connectivity index (χ3n) is 4.43. The van der Waals surface area contributed by atoms with E-state index in [1.807, 2.05) is 0 Å². The second kappa shape index (κ2) is 9.81. The second-order valence-corrected chi connectivity index (χ2v) is 8.54. The number of hydrogen-bond acceptors (Lipinski definition) is 9. The van der Waals surface area contributed by atoms with Crippen LogP contribution in [-0.4, -0.2) is 63.9 Å². The molecule has 2 atom stereocenters. The highest BCUT2D eigenvalue weighted by Crippen LogP contribution is 2.19. The molecule has 1 aliphatic rings. The quantitative estimate of drug-likeness (QED) is 0.568. The molecule has 1 fully saturated rings. The van der Waals surface area contributed by atoms with Crippen LogP contribution in [0.1, 0.15) is 27.2 Å². The monoisotopic (exact) mass is 465 g/mol. The average molecular weight is 466 g/mol. The molecule has 3 heterocycles. The van der Waals surface area contributed by atoms with E-state index < -0.39 is 35.6 Å². The van der Waals surface area contributed by atoms with Crippen molar-refractivity contribution >= 4 is 41.3 Å². The van der Waals surface area contributed by atoms with E-state index >= 15 is 0 Å². The van der Waals surface area contributed by atoms with Crippen molar-refractivity contribution in [3.05, 3.63) is 29.7 Å². The molecule has 0 radical (unpaired) electrons. The third kappa shape index (κ3) is 6.54. The summed E-state index contributed by atoms with van der Waals surface area (Å²) >= 11 is 5.77. The maximum atomic E-state index is 12.5. The van der Waals surface area contributed by atoms with E-state index in [0.717, 1.165) is 0 Å². The van der Waals surface area contributed by atoms with Gasteiger partial charge in [-0.15, -0.1) is 5.10 Å². The van der Waals surface area contributed by atoms with Crippen LogP contribution in [0.2, 0.25) is 5.02 Å². The lowest BCUT2D eigenvalue weighted by Crippen LogP contribution is -2.62. The Morgan fingerprint density at radius 2 is 1.97 bits per heavy atom. The molecule has 1 aliphatic heterocycles. The van der Waals surface area contributed by atoms with Crippen LogP contribution < -0.4 is 20.9 Å². The molecule has 2 aromatic rings. The van der Waals surface area contributed by atoms with E-state index in [4.69, 9.17) is 20.8 Å². The number of anilines is 2. The van der Waals surface area contributed by atoms with Crippen molar-refractivity contribution in [2.24, 2.45) is 0 Å². The molecule has 172 valence electrons. The largest absolute Gasteiger partial charge is 0.444 e. The van der Waals surface area contributed by atoms with Gasteiger partial charge in [0.05, 0.1) is 17.1 Å². The molecule has 0 spiro atoms. The second-order valence-electron chi connectivity index (χ2n) is 8.10. The molecule has 0 bridgehead atoms. The maximum absolute atomic E-state index is 12.5. The normalized spacial score (nSPS) is 18.6.